The molecular weight excluding hydrogens is 154 g/mol. The third-order valence-corrected chi connectivity index (χ3v) is 3.47. The molecule has 0 amide bonds. The number of hydrogen-bond donors (Lipinski definition) is 1. The van der Waals surface area contributed by atoms with Crippen LogP contribution in [0.5, 0.6) is 0 Å². The van der Waals surface area contributed by atoms with E-state index in [4.69, 9.17) is 5.73 Å². The summed E-state index contributed by atoms with van der Waals surface area (Å²) in [4.78, 5) is 0. The summed E-state index contributed by atoms with van der Waals surface area (Å²) in [5.41, 5.74) is 5.89. The van der Waals surface area contributed by atoms with Gasteiger partial charge in [-0.2, -0.15) is 11.8 Å². The summed E-state index contributed by atoms with van der Waals surface area (Å²) >= 11 is 2.12. The normalized spacial score (nSPS) is 32.7. The number of hydrogen-bond acceptors (Lipinski definition) is 2. The van der Waals surface area contributed by atoms with Crippen molar-refractivity contribution in [3.05, 3.63) is 0 Å². The molecule has 0 aromatic carbocycles. The Labute approximate surface area is 74.1 Å². The summed E-state index contributed by atoms with van der Waals surface area (Å²) in [6.45, 7) is 4.58. The fourth-order valence-corrected chi connectivity index (χ4v) is 3.28. The van der Waals surface area contributed by atoms with Crippen molar-refractivity contribution in [2.75, 3.05) is 5.75 Å². The summed E-state index contributed by atoms with van der Waals surface area (Å²) in [6.07, 6.45) is 3.81. The van der Waals surface area contributed by atoms with Gasteiger partial charge >= 0.3 is 0 Å². The maximum absolute atomic E-state index is 5.89. The minimum atomic E-state index is 0.486. The Morgan fingerprint density at radius 3 is 2.82 bits per heavy atom. The SMILES string of the molecule is CC(C)CC1CC(N)CCS1. The van der Waals surface area contributed by atoms with Gasteiger partial charge in [-0.05, 0) is 30.9 Å². The lowest BCUT2D eigenvalue weighted by molar-refractivity contribution is 0.491. The minimum absolute atomic E-state index is 0.486. The second kappa shape index (κ2) is 4.36. The van der Waals surface area contributed by atoms with E-state index in [1.54, 1.807) is 0 Å². The van der Waals surface area contributed by atoms with Crippen LogP contribution in [0, 0.1) is 5.92 Å². The van der Waals surface area contributed by atoms with Crippen molar-refractivity contribution in [1.82, 2.24) is 0 Å². The van der Waals surface area contributed by atoms with Crippen molar-refractivity contribution in [3.8, 4) is 0 Å². The molecular formula is C9H19NS. The van der Waals surface area contributed by atoms with Crippen molar-refractivity contribution in [2.45, 2.75) is 44.4 Å². The monoisotopic (exact) mass is 173 g/mol. The molecule has 11 heavy (non-hydrogen) atoms. The standard InChI is InChI=1S/C9H19NS/c1-7(2)5-9-6-8(10)3-4-11-9/h7-9H,3-6,10H2,1-2H3. The quantitative estimate of drug-likeness (QED) is 0.693. The van der Waals surface area contributed by atoms with Gasteiger partial charge in [0.15, 0.2) is 0 Å². The number of thioether (sulfide) groups is 1. The Bertz CT molecular complexity index is 112. The van der Waals surface area contributed by atoms with Gasteiger partial charge in [-0.3, -0.25) is 0 Å². The first kappa shape index (κ1) is 9.40. The molecule has 1 nitrogen and oxygen atoms in total. The van der Waals surface area contributed by atoms with Gasteiger partial charge in [-0.15, -0.1) is 0 Å². The predicted octanol–water partition coefficient (Wildman–Crippen LogP) is 2.26. The molecule has 2 N–H and O–H groups in total. The molecule has 1 rings (SSSR count). The zero-order valence-corrected chi connectivity index (χ0v) is 8.36. The van der Waals surface area contributed by atoms with E-state index in [1.807, 2.05) is 0 Å². The molecule has 2 atom stereocenters. The van der Waals surface area contributed by atoms with Crippen LogP contribution < -0.4 is 5.73 Å². The molecule has 1 aliphatic rings. The molecule has 0 aliphatic carbocycles. The van der Waals surface area contributed by atoms with Gasteiger partial charge in [-0.1, -0.05) is 13.8 Å². The van der Waals surface area contributed by atoms with Crippen LogP contribution in [0.4, 0.5) is 0 Å². The first-order valence-electron chi connectivity index (χ1n) is 4.55. The third-order valence-electron chi connectivity index (χ3n) is 2.14. The first-order valence-corrected chi connectivity index (χ1v) is 5.60. The van der Waals surface area contributed by atoms with Crippen LogP contribution in [0.2, 0.25) is 0 Å². The highest BCUT2D eigenvalue weighted by molar-refractivity contribution is 7.99. The lowest BCUT2D eigenvalue weighted by atomic mass is 10.0. The predicted molar refractivity (Wildman–Crippen MR) is 52.9 cm³/mol. The van der Waals surface area contributed by atoms with Crippen molar-refractivity contribution in [1.29, 1.82) is 0 Å². The average molecular weight is 173 g/mol. The van der Waals surface area contributed by atoms with Crippen LogP contribution in [-0.4, -0.2) is 17.0 Å². The first-order chi connectivity index (χ1) is 5.18. The number of rotatable bonds is 2. The third kappa shape index (κ3) is 3.48. The van der Waals surface area contributed by atoms with Crippen LogP contribution in [0.15, 0.2) is 0 Å². The molecule has 0 aromatic rings. The maximum Gasteiger partial charge on any atom is 0.00642 e. The maximum atomic E-state index is 5.89. The van der Waals surface area contributed by atoms with E-state index in [2.05, 4.69) is 25.6 Å². The van der Waals surface area contributed by atoms with E-state index in [0.29, 0.717) is 6.04 Å². The Morgan fingerprint density at radius 1 is 1.55 bits per heavy atom. The van der Waals surface area contributed by atoms with Crippen molar-refractivity contribution >= 4 is 11.8 Å². The summed E-state index contributed by atoms with van der Waals surface area (Å²) in [5.74, 6) is 2.11. The second-order valence-electron chi connectivity index (χ2n) is 3.91. The summed E-state index contributed by atoms with van der Waals surface area (Å²) in [6, 6.07) is 0.486. The Balaban J connectivity index is 2.23. The van der Waals surface area contributed by atoms with Gasteiger partial charge in [0.1, 0.15) is 0 Å². The fraction of sp³-hybridized carbons (Fsp3) is 1.00. The average Bonchev–Trinajstić information content (AvgIpc) is 1.85. The van der Waals surface area contributed by atoms with Crippen LogP contribution in [0.3, 0.4) is 0 Å². The Kier molecular flexibility index (Phi) is 3.73. The molecule has 1 heterocycles. The van der Waals surface area contributed by atoms with Gasteiger partial charge < -0.3 is 5.73 Å². The van der Waals surface area contributed by atoms with Gasteiger partial charge in [0.25, 0.3) is 0 Å². The zero-order valence-electron chi connectivity index (χ0n) is 7.55. The van der Waals surface area contributed by atoms with Crippen molar-refractivity contribution in [3.63, 3.8) is 0 Å². The van der Waals surface area contributed by atoms with Gasteiger partial charge in [0, 0.05) is 11.3 Å². The highest BCUT2D eigenvalue weighted by Gasteiger charge is 2.19. The van der Waals surface area contributed by atoms with E-state index in [1.165, 1.54) is 25.0 Å². The lowest BCUT2D eigenvalue weighted by Gasteiger charge is -2.27. The summed E-state index contributed by atoms with van der Waals surface area (Å²) in [7, 11) is 0. The van der Waals surface area contributed by atoms with E-state index < -0.39 is 0 Å². The largest absolute Gasteiger partial charge is 0.328 e. The molecule has 2 unspecified atom stereocenters. The molecule has 0 bridgehead atoms. The molecule has 2 heteroatoms. The molecule has 0 spiro atoms. The molecule has 0 saturated carbocycles. The Morgan fingerprint density at radius 2 is 2.27 bits per heavy atom. The highest BCUT2D eigenvalue weighted by atomic mass is 32.2. The van der Waals surface area contributed by atoms with Crippen LogP contribution >= 0.6 is 11.8 Å². The van der Waals surface area contributed by atoms with Crippen LogP contribution in [0.1, 0.15) is 33.1 Å². The van der Waals surface area contributed by atoms with E-state index in [-0.39, 0.29) is 0 Å². The van der Waals surface area contributed by atoms with Gasteiger partial charge in [0.05, 0.1) is 0 Å². The number of nitrogens with two attached hydrogens (primary N) is 1. The second-order valence-corrected chi connectivity index (χ2v) is 5.32. The minimum Gasteiger partial charge on any atom is -0.328 e. The molecule has 1 fully saturated rings. The van der Waals surface area contributed by atoms with Crippen LogP contribution in [0.25, 0.3) is 0 Å². The smallest absolute Gasteiger partial charge is 0.00642 e. The summed E-state index contributed by atoms with van der Waals surface area (Å²) < 4.78 is 0. The van der Waals surface area contributed by atoms with Crippen molar-refractivity contribution < 1.29 is 0 Å². The van der Waals surface area contributed by atoms with Gasteiger partial charge in [0.2, 0.25) is 0 Å². The molecule has 1 saturated heterocycles. The molecule has 0 aromatic heterocycles. The molecule has 1 aliphatic heterocycles. The van der Waals surface area contributed by atoms with Gasteiger partial charge in [-0.25, -0.2) is 0 Å². The topological polar surface area (TPSA) is 26.0 Å². The van der Waals surface area contributed by atoms with Crippen molar-refractivity contribution in [2.24, 2.45) is 11.7 Å². The van der Waals surface area contributed by atoms with Crippen LogP contribution in [-0.2, 0) is 0 Å². The van der Waals surface area contributed by atoms with E-state index in [9.17, 15) is 0 Å². The molecule has 66 valence electrons. The highest BCUT2D eigenvalue weighted by Crippen LogP contribution is 2.29. The fourth-order valence-electron chi connectivity index (χ4n) is 1.60. The molecule has 0 radical (unpaired) electrons. The lowest BCUT2D eigenvalue weighted by Crippen LogP contribution is -2.30. The van der Waals surface area contributed by atoms with E-state index >= 15 is 0 Å². The summed E-state index contributed by atoms with van der Waals surface area (Å²) in [5, 5.41) is 0.846. The van der Waals surface area contributed by atoms with E-state index in [0.717, 1.165) is 11.2 Å². The zero-order chi connectivity index (χ0) is 8.27. The Hall–Kier alpha value is 0.310.